The number of nitrogens with zero attached hydrogens (tertiary/aromatic N) is 2. The predicted molar refractivity (Wildman–Crippen MR) is 38.6 cm³/mol. The SMILES string of the molecule is Cc1cc([C@H](C)O)n(C)n1. The highest BCUT2D eigenvalue weighted by atomic mass is 16.3. The van der Waals surface area contributed by atoms with Crippen LogP contribution in [-0.4, -0.2) is 14.9 Å². The highest BCUT2D eigenvalue weighted by Crippen LogP contribution is 2.11. The van der Waals surface area contributed by atoms with E-state index in [1.54, 1.807) is 11.6 Å². The van der Waals surface area contributed by atoms with Gasteiger partial charge in [0.15, 0.2) is 0 Å². The Morgan fingerprint density at radius 2 is 2.30 bits per heavy atom. The maximum Gasteiger partial charge on any atom is 0.0928 e. The first-order chi connectivity index (χ1) is 4.61. The number of aromatic nitrogens is 2. The highest BCUT2D eigenvalue weighted by molar-refractivity contribution is 5.10. The zero-order chi connectivity index (χ0) is 7.72. The third kappa shape index (κ3) is 1.19. The van der Waals surface area contributed by atoms with Crippen molar-refractivity contribution in [3.63, 3.8) is 0 Å². The Labute approximate surface area is 60.3 Å². The van der Waals surface area contributed by atoms with E-state index in [4.69, 9.17) is 5.11 Å². The van der Waals surface area contributed by atoms with Crippen LogP contribution in [-0.2, 0) is 7.05 Å². The van der Waals surface area contributed by atoms with E-state index in [9.17, 15) is 0 Å². The Morgan fingerprint density at radius 3 is 2.50 bits per heavy atom. The standard InChI is InChI=1S/C7H12N2O/c1-5-4-7(6(2)10)9(3)8-5/h4,6,10H,1-3H3/t6-/m0/s1. The molecule has 0 spiro atoms. The van der Waals surface area contributed by atoms with Crippen molar-refractivity contribution in [2.24, 2.45) is 7.05 Å². The average Bonchev–Trinajstić information content (AvgIpc) is 2.10. The minimum absolute atomic E-state index is 0.425. The summed E-state index contributed by atoms with van der Waals surface area (Å²) in [5.41, 5.74) is 1.80. The van der Waals surface area contributed by atoms with Crippen molar-refractivity contribution in [3.8, 4) is 0 Å². The lowest BCUT2D eigenvalue weighted by molar-refractivity contribution is 0.189. The number of aliphatic hydroxyl groups excluding tert-OH is 1. The van der Waals surface area contributed by atoms with Gasteiger partial charge in [0, 0.05) is 7.05 Å². The summed E-state index contributed by atoms with van der Waals surface area (Å²) in [7, 11) is 1.83. The summed E-state index contributed by atoms with van der Waals surface area (Å²) in [5, 5.41) is 13.2. The molecule has 56 valence electrons. The van der Waals surface area contributed by atoms with Gasteiger partial charge in [-0.3, -0.25) is 4.68 Å². The fourth-order valence-corrected chi connectivity index (χ4v) is 1.02. The van der Waals surface area contributed by atoms with Crippen LogP contribution in [0.1, 0.15) is 24.4 Å². The summed E-state index contributed by atoms with van der Waals surface area (Å²) in [5.74, 6) is 0. The molecule has 0 bridgehead atoms. The minimum atomic E-state index is -0.425. The lowest BCUT2D eigenvalue weighted by atomic mass is 10.3. The van der Waals surface area contributed by atoms with E-state index >= 15 is 0 Å². The van der Waals surface area contributed by atoms with E-state index in [-0.39, 0.29) is 0 Å². The van der Waals surface area contributed by atoms with Crippen molar-refractivity contribution in [2.75, 3.05) is 0 Å². The van der Waals surface area contributed by atoms with E-state index in [1.165, 1.54) is 0 Å². The van der Waals surface area contributed by atoms with Crippen LogP contribution in [0.15, 0.2) is 6.07 Å². The summed E-state index contributed by atoms with van der Waals surface area (Å²) in [4.78, 5) is 0. The van der Waals surface area contributed by atoms with Crippen molar-refractivity contribution in [2.45, 2.75) is 20.0 Å². The summed E-state index contributed by atoms with van der Waals surface area (Å²) in [6.07, 6.45) is -0.425. The molecule has 0 saturated heterocycles. The first-order valence-corrected chi connectivity index (χ1v) is 3.30. The van der Waals surface area contributed by atoms with Crippen LogP contribution in [0.5, 0.6) is 0 Å². The quantitative estimate of drug-likeness (QED) is 0.626. The third-order valence-electron chi connectivity index (χ3n) is 1.47. The molecule has 3 heteroatoms. The molecule has 10 heavy (non-hydrogen) atoms. The lowest BCUT2D eigenvalue weighted by Gasteiger charge is -2.02. The van der Waals surface area contributed by atoms with Gasteiger partial charge >= 0.3 is 0 Å². The molecule has 0 saturated carbocycles. The molecule has 1 rings (SSSR count). The van der Waals surface area contributed by atoms with Crippen LogP contribution < -0.4 is 0 Å². The molecule has 0 fully saturated rings. The van der Waals surface area contributed by atoms with Crippen molar-refractivity contribution < 1.29 is 5.11 Å². The fraction of sp³-hybridized carbons (Fsp3) is 0.571. The van der Waals surface area contributed by atoms with Gasteiger partial charge in [-0.2, -0.15) is 5.10 Å². The molecule has 1 atom stereocenters. The van der Waals surface area contributed by atoms with Crippen molar-refractivity contribution in [3.05, 3.63) is 17.5 Å². The van der Waals surface area contributed by atoms with Gasteiger partial charge in [-0.1, -0.05) is 0 Å². The van der Waals surface area contributed by atoms with Gasteiger partial charge in [0.1, 0.15) is 0 Å². The number of hydrogen-bond donors (Lipinski definition) is 1. The first-order valence-electron chi connectivity index (χ1n) is 3.30. The molecule has 0 amide bonds. The molecule has 1 aromatic rings. The van der Waals surface area contributed by atoms with Crippen LogP contribution in [0.4, 0.5) is 0 Å². The molecule has 1 aromatic heterocycles. The molecule has 0 aromatic carbocycles. The van der Waals surface area contributed by atoms with E-state index in [2.05, 4.69) is 5.10 Å². The molecule has 3 nitrogen and oxygen atoms in total. The molecule has 1 N–H and O–H groups in total. The van der Waals surface area contributed by atoms with Gasteiger partial charge in [-0.25, -0.2) is 0 Å². The van der Waals surface area contributed by atoms with Crippen molar-refractivity contribution in [1.29, 1.82) is 0 Å². The number of aliphatic hydroxyl groups is 1. The Hall–Kier alpha value is -0.830. The Bertz CT molecular complexity index is 228. The van der Waals surface area contributed by atoms with Crippen LogP contribution >= 0.6 is 0 Å². The Morgan fingerprint density at radius 1 is 1.70 bits per heavy atom. The van der Waals surface area contributed by atoms with Gasteiger partial charge < -0.3 is 5.11 Å². The smallest absolute Gasteiger partial charge is 0.0928 e. The van der Waals surface area contributed by atoms with Crippen LogP contribution in [0.25, 0.3) is 0 Å². The average molecular weight is 140 g/mol. The van der Waals surface area contributed by atoms with Gasteiger partial charge in [0.05, 0.1) is 17.5 Å². The number of rotatable bonds is 1. The molecule has 0 aliphatic heterocycles. The van der Waals surface area contributed by atoms with Gasteiger partial charge in [0.2, 0.25) is 0 Å². The minimum Gasteiger partial charge on any atom is -0.387 e. The molecule has 0 unspecified atom stereocenters. The summed E-state index contributed by atoms with van der Waals surface area (Å²) in [6, 6.07) is 1.88. The Kier molecular flexibility index (Phi) is 1.76. The summed E-state index contributed by atoms with van der Waals surface area (Å²) >= 11 is 0. The van der Waals surface area contributed by atoms with Crippen molar-refractivity contribution in [1.82, 2.24) is 9.78 Å². The second-order valence-corrected chi connectivity index (χ2v) is 2.51. The van der Waals surface area contributed by atoms with Gasteiger partial charge in [-0.05, 0) is 19.9 Å². The maximum atomic E-state index is 9.16. The zero-order valence-corrected chi connectivity index (χ0v) is 6.50. The van der Waals surface area contributed by atoms with E-state index in [0.29, 0.717) is 0 Å². The lowest BCUT2D eigenvalue weighted by Crippen LogP contribution is -2.01. The third-order valence-corrected chi connectivity index (χ3v) is 1.47. The predicted octanol–water partition coefficient (Wildman–Crippen LogP) is 0.782. The first kappa shape index (κ1) is 7.28. The van der Waals surface area contributed by atoms with Crippen LogP contribution in [0.2, 0.25) is 0 Å². The maximum absolute atomic E-state index is 9.16. The monoisotopic (exact) mass is 140 g/mol. The normalized spacial score (nSPS) is 13.6. The van der Waals surface area contributed by atoms with Crippen molar-refractivity contribution >= 4 is 0 Å². The Balaban J connectivity index is 3.03. The second kappa shape index (κ2) is 2.42. The number of aryl methyl sites for hydroxylation is 2. The molecule has 0 aliphatic carbocycles. The fourth-order valence-electron chi connectivity index (χ4n) is 1.02. The molecular formula is C7H12N2O. The van der Waals surface area contributed by atoms with Crippen LogP contribution in [0, 0.1) is 6.92 Å². The largest absolute Gasteiger partial charge is 0.387 e. The second-order valence-electron chi connectivity index (χ2n) is 2.51. The van der Waals surface area contributed by atoms with Gasteiger partial charge in [0.25, 0.3) is 0 Å². The molecule has 1 heterocycles. The van der Waals surface area contributed by atoms with E-state index < -0.39 is 6.10 Å². The zero-order valence-electron chi connectivity index (χ0n) is 6.50. The van der Waals surface area contributed by atoms with E-state index in [1.807, 2.05) is 20.0 Å². The molecule has 0 radical (unpaired) electrons. The van der Waals surface area contributed by atoms with Crippen LogP contribution in [0.3, 0.4) is 0 Å². The number of hydrogen-bond acceptors (Lipinski definition) is 2. The highest BCUT2D eigenvalue weighted by Gasteiger charge is 2.05. The summed E-state index contributed by atoms with van der Waals surface area (Å²) < 4.78 is 1.69. The van der Waals surface area contributed by atoms with E-state index in [0.717, 1.165) is 11.4 Å². The molecule has 0 aliphatic rings. The molecular weight excluding hydrogens is 128 g/mol. The van der Waals surface area contributed by atoms with Gasteiger partial charge in [-0.15, -0.1) is 0 Å². The summed E-state index contributed by atoms with van der Waals surface area (Å²) in [6.45, 7) is 3.64. The topological polar surface area (TPSA) is 38.0 Å².